The Kier molecular flexibility index (Phi) is 3.63. The van der Waals surface area contributed by atoms with Crippen LogP contribution in [0.15, 0.2) is 16.7 Å². The van der Waals surface area contributed by atoms with Crippen molar-refractivity contribution in [3.63, 3.8) is 0 Å². The van der Waals surface area contributed by atoms with Crippen molar-refractivity contribution in [1.29, 1.82) is 0 Å². The number of carboxylic acids is 1. The lowest BCUT2D eigenvalue weighted by Crippen LogP contribution is -2.06. The van der Waals surface area contributed by atoms with Gasteiger partial charge in [0, 0.05) is 22.3 Å². The second-order valence-corrected chi connectivity index (χ2v) is 4.27. The molecule has 4 heteroatoms. The van der Waals surface area contributed by atoms with Gasteiger partial charge in [0.25, 0.3) is 0 Å². The maximum Gasteiger partial charge on any atom is 0.304 e. The predicted octanol–water partition coefficient (Wildman–Crippen LogP) is 2.73. The van der Waals surface area contributed by atoms with Crippen molar-refractivity contribution in [1.82, 2.24) is 4.98 Å². The number of hydrogen-bond donors (Lipinski definition) is 1. The molecule has 0 aliphatic carbocycles. The minimum Gasteiger partial charge on any atom is -0.481 e. The van der Waals surface area contributed by atoms with Gasteiger partial charge in [-0.05, 0) is 34.5 Å². The van der Waals surface area contributed by atoms with Crippen molar-refractivity contribution in [3.05, 3.63) is 28.0 Å². The molecule has 1 heterocycles. The number of aliphatic carboxylic acids is 1. The molecular weight excluding hydrogens is 246 g/mol. The van der Waals surface area contributed by atoms with E-state index in [-0.39, 0.29) is 12.3 Å². The third-order valence-corrected chi connectivity index (χ3v) is 2.47. The SMILES string of the molecule is Cc1cc(Br)cnc1C(C)CC(=O)O. The summed E-state index contributed by atoms with van der Waals surface area (Å²) in [5, 5.41) is 8.65. The Balaban J connectivity index is 2.90. The first-order valence-electron chi connectivity index (χ1n) is 4.34. The molecule has 1 rings (SSSR count). The second-order valence-electron chi connectivity index (χ2n) is 3.35. The van der Waals surface area contributed by atoms with Gasteiger partial charge >= 0.3 is 5.97 Å². The molecule has 1 unspecified atom stereocenters. The summed E-state index contributed by atoms with van der Waals surface area (Å²) in [4.78, 5) is 14.7. The zero-order chi connectivity index (χ0) is 10.7. The Labute approximate surface area is 91.3 Å². The maximum atomic E-state index is 10.5. The highest BCUT2D eigenvalue weighted by molar-refractivity contribution is 9.10. The van der Waals surface area contributed by atoms with Crippen LogP contribution in [0.3, 0.4) is 0 Å². The number of aromatic nitrogens is 1. The van der Waals surface area contributed by atoms with Crippen LogP contribution >= 0.6 is 15.9 Å². The van der Waals surface area contributed by atoms with Crippen LogP contribution in [0.25, 0.3) is 0 Å². The summed E-state index contributed by atoms with van der Waals surface area (Å²) in [5.41, 5.74) is 1.88. The van der Waals surface area contributed by atoms with Gasteiger partial charge in [0.2, 0.25) is 0 Å². The summed E-state index contributed by atoms with van der Waals surface area (Å²) in [7, 11) is 0. The second kappa shape index (κ2) is 4.55. The van der Waals surface area contributed by atoms with E-state index in [9.17, 15) is 4.79 Å². The van der Waals surface area contributed by atoms with Crippen LogP contribution < -0.4 is 0 Å². The first-order chi connectivity index (χ1) is 6.50. The van der Waals surface area contributed by atoms with E-state index in [1.165, 1.54) is 0 Å². The molecule has 14 heavy (non-hydrogen) atoms. The molecule has 0 fully saturated rings. The maximum absolute atomic E-state index is 10.5. The van der Waals surface area contributed by atoms with Crippen LogP contribution in [-0.2, 0) is 4.79 Å². The van der Waals surface area contributed by atoms with Gasteiger partial charge in [-0.15, -0.1) is 0 Å². The van der Waals surface area contributed by atoms with Crippen LogP contribution in [0.1, 0.15) is 30.5 Å². The first-order valence-corrected chi connectivity index (χ1v) is 5.14. The molecule has 1 aromatic heterocycles. The molecule has 0 saturated carbocycles. The first kappa shape index (κ1) is 11.2. The molecule has 1 atom stereocenters. The zero-order valence-electron chi connectivity index (χ0n) is 8.12. The summed E-state index contributed by atoms with van der Waals surface area (Å²) < 4.78 is 0.918. The van der Waals surface area contributed by atoms with Crippen LogP contribution in [-0.4, -0.2) is 16.1 Å². The summed E-state index contributed by atoms with van der Waals surface area (Å²) >= 11 is 3.32. The smallest absolute Gasteiger partial charge is 0.304 e. The Hall–Kier alpha value is -0.900. The van der Waals surface area contributed by atoms with Crippen molar-refractivity contribution in [3.8, 4) is 0 Å². The highest BCUT2D eigenvalue weighted by Crippen LogP contribution is 2.22. The van der Waals surface area contributed by atoms with Crippen molar-refractivity contribution in [2.75, 3.05) is 0 Å². The monoisotopic (exact) mass is 257 g/mol. The van der Waals surface area contributed by atoms with Gasteiger partial charge in [-0.25, -0.2) is 0 Å². The summed E-state index contributed by atoms with van der Waals surface area (Å²) in [6.45, 7) is 3.81. The van der Waals surface area contributed by atoms with Crippen molar-refractivity contribution in [2.45, 2.75) is 26.2 Å². The molecule has 76 valence electrons. The van der Waals surface area contributed by atoms with Crippen molar-refractivity contribution < 1.29 is 9.90 Å². The summed E-state index contributed by atoms with van der Waals surface area (Å²) in [6, 6.07) is 1.95. The van der Waals surface area contributed by atoms with E-state index in [0.29, 0.717) is 0 Å². The van der Waals surface area contributed by atoms with Crippen LogP contribution in [0, 0.1) is 6.92 Å². The minimum atomic E-state index is -0.790. The number of halogens is 1. The van der Waals surface area contributed by atoms with E-state index in [1.54, 1.807) is 6.20 Å². The predicted molar refractivity (Wildman–Crippen MR) is 57.3 cm³/mol. The fraction of sp³-hybridized carbons (Fsp3) is 0.400. The summed E-state index contributed by atoms with van der Waals surface area (Å²) in [5.74, 6) is -0.831. The topological polar surface area (TPSA) is 50.2 Å². The van der Waals surface area contributed by atoms with Gasteiger partial charge in [0.1, 0.15) is 0 Å². The molecule has 1 aromatic rings. The molecule has 0 spiro atoms. The average Bonchev–Trinajstić information content (AvgIpc) is 2.01. The highest BCUT2D eigenvalue weighted by atomic mass is 79.9. The lowest BCUT2D eigenvalue weighted by atomic mass is 10.00. The number of carboxylic acid groups (broad SMARTS) is 1. The lowest BCUT2D eigenvalue weighted by molar-refractivity contribution is -0.137. The molecule has 0 bridgehead atoms. The normalized spacial score (nSPS) is 12.5. The van der Waals surface area contributed by atoms with Gasteiger partial charge < -0.3 is 5.11 Å². The standard InChI is InChI=1S/C10H12BrNO2/c1-6-3-8(11)5-12-10(6)7(2)4-9(13)14/h3,5,7H,4H2,1-2H3,(H,13,14). The third-order valence-electron chi connectivity index (χ3n) is 2.03. The molecular formula is C10H12BrNO2. The van der Waals surface area contributed by atoms with Crippen molar-refractivity contribution >= 4 is 21.9 Å². The Morgan fingerprint density at radius 3 is 2.86 bits per heavy atom. The van der Waals surface area contributed by atoms with Crippen LogP contribution in [0.5, 0.6) is 0 Å². The molecule has 0 aromatic carbocycles. The molecule has 3 nitrogen and oxygen atoms in total. The summed E-state index contributed by atoms with van der Waals surface area (Å²) in [6.07, 6.45) is 1.82. The zero-order valence-corrected chi connectivity index (χ0v) is 9.71. The van der Waals surface area contributed by atoms with Crippen LogP contribution in [0.2, 0.25) is 0 Å². The van der Waals surface area contributed by atoms with E-state index >= 15 is 0 Å². The largest absolute Gasteiger partial charge is 0.481 e. The van der Waals surface area contributed by atoms with Gasteiger partial charge in [-0.1, -0.05) is 6.92 Å². The van der Waals surface area contributed by atoms with E-state index < -0.39 is 5.97 Å². The molecule has 0 aliphatic rings. The molecule has 0 saturated heterocycles. The third kappa shape index (κ3) is 2.80. The quantitative estimate of drug-likeness (QED) is 0.906. The van der Waals surface area contributed by atoms with E-state index in [2.05, 4.69) is 20.9 Å². The fourth-order valence-electron chi connectivity index (χ4n) is 1.43. The Bertz CT molecular complexity index is 352. The van der Waals surface area contributed by atoms with Crippen LogP contribution in [0.4, 0.5) is 0 Å². The Morgan fingerprint density at radius 1 is 1.71 bits per heavy atom. The van der Waals surface area contributed by atoms with E-state index in [4.69, 9.17) is 5.11 Å². The molecule has 1 N–H and O–H groups in total. The number of hydrogen-bond acceptors (Lipinski definition) is 2. The number of nitrogens with zero attached hydrogens (tertiary/aromatic N) is 1. The highest BCUT2D eigenvalue weighted by Gasteiger charge is 2.13. The minimum absolute atomic E-state index is 0.0411. The van der Waals surface area contributed by atoms with E-state index in [0.717, 1.165) is 15.7 Å². The van der Waals surface area contributed by atoms with Gasteiger partial charge in [-0.2, -0.15) is 0 Å². The average molecular weight is 258 g/mol. The van der Waals surface area contributed by atoms with Gasteiger partial charge in [0.05, 0.1) is 6.42 Å². The van der Waals surface area contributed by atoms with Crippen molar-refractivity contribution in [2.24, 2.45) is 0 Å². The van der Waals surface area contributed by atoms with Gasteiger partial charge in [-0.3, -0.25) is 9.78 Å². The van der Waals surface area contributed by atoms with Gasteiger partial charge in [0.15, 0.2) is 0 Å². The molecule has 0 aliphatic heterocycles. The Morgan fingerprint density at radius 2 is 2.36 bits per heavy atom. The number of pyridine rings is 1. The fourth-order valence-corrected chi connectivity index (χ4v) is 1.87. The van der Waals surface area contributed by atoms with E-state index in [1.807, 2.05) is 19.9 Å². The molecule has 0 radical (unpaired) electrons. The number of rotatable bonds is 3. The molecule has 0 amide bonds. The number of carbonyl (C=O) groups is 1. The lowest BCUT2D eigenvalue weighted by Gasteiger charge is -2.11. The number of aryl methyl sites for hydroxylation is 1.